The van der Waals surface area contributed by atoms with Crippen LogP contribution >= 0.6 is 11.3 Å². The number of aryl methyl sites for hydroxylation is 2. The van der Waals surface area contributed by atoms with Gasteiger partial charge in [-0.25, -0.2) is 0 Å². The first-order valence-corrected chi connectivity index (χ1v) is 10.6. The maximum Gasteiger partial charge on any atom is 0.0673 e. The first-order chi connectivity index (χ1) is 12.5. The van der Waals surface area contributed by atoms with E-state index in [9.17, 15) is 5.11 Å². The standard InChI is InChI=1S/C20H30N4OS/c1-16-9-18(22(2)21-16)12-24-13-19(25)10-20(15-24)4-6-23(7-5-20)11-17-3-8-26-14-17/h3,8-9,14,19,25H,4-7,10-13,15H2,1-2H3. The quantitative estimate of drug-likeness (QED) is 0.894. The van der Waals surface area contributed by atoms with Crippen LogP contribution in [0.25, 0.3) is 0 Å². The van der Waals surface area contributed by atoms with E-state index in [4.69, 9.17) is 0 Å². The molecule has 1 spiro atoms. The number of rotatable bonds is 4. The minimum atomic E-state index is -0.207. The number of hydrogen-bond acceptors (Lipinski definition) is 5. The molecule has 2 saturated heterocycles. The molecule has 4 rings (SSSR count). The highest BCUT2D eigenvalue weighted by atomic mass is 32.1. The zero-order valence-electron chi connectivity index (χ0n) is 15.9. The van der Waals surface area contributed by atoms with Crippen LogP contribution < -0.4 is 0 Å². The summed E-state index contributed by atoms with van der Waals surface area (Å²) in [5.74, 6) is 0. The van der Waals surface area contributed by atoms with Crippen LogP contribution in [-0.4, -0.2) is 57.0 Å². The molecule has 26 heavy (non-hydrogen) atoms. The zero-order valence-corrected chi connectivity index (χ0v) is 16.7. The Bertz CT molecular complexity index is 718. The summed E-state index contributed by atoms with van der Waals surface area (Å²) in [4.78, 5) is 5.02. The van der Waals surface area contributed by atoms with E-state index in [2.05, 4.69) is 37.8 Å². The third kappa shape index (κ3) is 4.03. The van der Waals surface area contributed by atoms with Gasteiger partial charge >= 0.3 is 0 Å². The summed E-state index contributed by atoms with van der Waals surface area (Å²) in [6.45, 7) is 8.15. The summed E-state index contributed by atoms with van der Waals surface area (Å²) >= 11 is 1.78. The molecule has 0 amide bonds. The normalized spacial score (nSPS) is 24.3. The first kappa shape index (κ1) is 18.2. The lowest BCUT2D eigenvalue weighted by Crippen LogP contribution is -2.53. The Hall–Kier alpha value is -1.21. The van der Waals surface area contributed by atoms with E-state index in [0.717, 1.165) is 51.4 Å². The van der Waals surface area contributed by atoms with Crippen LogP contribution in [0.2, 0.25) is 0 Å². The summed E-state index contributed by atoms with van der Waals surface area (Å²) in [5.41, 5.74) is 4.01. The van der Waals surface area contributed by atoms with Crippen LogP contribution in [0.4, 0.5) is 0 Å². The Labute approximate surface area is 160 Å². The molecule has 2 fully saturated rings. The molecule has 2 aromatic rings. The van der Waals surface area contributed by atoms with Gasteiger partial charge in [0.1, 0.15) is 0 Å². The van der Waals surface area contributed by atoms with Crippen molar-refractivity contribution in [3.8, 4) is 0 Å². The Morgan fingerprint density at radius 1 is 1.27 bits per heavy atom. The van der Waals surface area contributed by atoms with Crippen LogP contribution in [0.15, 0.2) is 22.9 Å². The molecule has 5 nitrogen and oxygen atoms in total. The Kier molecular flexibility index (Phi) is 5.19. The van der Waals surface area contributed by atoms with Gasteiger partial charge in [0, 0.05) is 33.2 Å². The van der Waals surface area contributed by atoms with Gasteiger partial charge in [0.05, 0.1) is 17.5 Å². The van der Waals surface area contributed by atoms with E-state index < -0.39 is 0 Å². The molecule has 2 aliphatic heterocycles. The molecule has 1 atom stereocenters. The molecule has 0 saturated carbocycles. The minimum absolute atomic E-state index is 0.207. The maximum absolute atomic E-state index is 10.5. The lowest BCUT2D eigenvalue weighted by molar-refractivity contribution is -0.0452. The molecule has 142 valence electrons. The van der Waals surface area contributed by atoms with Gasteiger partial charge in [-0.05, 0) is 73.1 Å². The van der Waals surface area contributed by atoms with Gasteiger partial charge in [-0.3, -0.25) is 14.5 Å². The van der Waals surface area contributed by atoms with Crippen LogP contribution in [0.3, 0.4) is 0 Å². The van der Waals surface area contributed by atoms with Crippen molar-refractivity contribution in [1.82, 2.24) is 19.6 Å². The highest BCUT2D eigenvalue weighted by Crippen LogP contribution is 2.40. The number of hydrogen-bond donors (Lipinski definition) is 1. The van der Waals surface area contributed by atoms with Gasteiger partial charge in [-0.1, -0.05) is 0 Å². The zero-order chi connectivity index (χ0) is 18.1. The molecule has 2 aromatic heterocycles. The lowest BCUT2D eigenvalue weighted by atomic mass is 9.71. The van der Waals surface area contributed by atoms with E-state index in [-0.39, 0.29) is 11.5 Å². The molecule has 1 N–H and O–H groups in total. The molecule has 0 aromatic carbocycles. The van der Waals surface area contributed by atoms with Crippen molar-refractivity contribution in [3.05, 3.63) is 39.8 Å². The van der Waals surface area contributed by atoms with Gasteiger partial charge in [-0.2, -0.15) is 16.4 Å². The average molecular weight is 375 g/mol. The molecular weight excluding hydrogens is 344 g/mol. The van der Waals surface area contributed by atoms with E-state index in [1.54, 1.807) is 11.3 Å². The second-order valence-corrected chi connectivity index (χ2v) is 9.12. The predicted molar refractivity (Wildman–Crippen MR) is 105 cm³/mol. The summed E-state index contributed by atoms with van der Waals surface area (Å²) in [5, 5.41) is 19.4. The maximum atomic E-state index is 10.5. The van der Waals surface area contributed by atoms with Gasteiger partial charge in [0.15, 0.2) is 0 Å². The SMILES string of the molecule is Cc1cc(CN2CC(O)CC3(CCN(Cc4ccsc4)CC3)C2)n(C)n1. The molecule has 2 aliphatic rings. The van der Waals surface area contributed by atoms with Gasteiger partial charge in [0.25, 0.3) is 0 Å². The topological polar surface area (TPSA) is 44.5 Å². The number of piperidine rings is 2. The molecular formula is C20H30N4OS. The van der Waals surface area contributed by atoms with Crippen molar-refractivity contribution in [2.24, 2.45) is 12.5 Å². The molecule has 4 heterocycles. The van der Waals surface area contributed by atoms with E-state index in [1.165, 1.54) is 24.1 Å². The highest BCUT2D eigenvalue weighted by molar-refractivity contribution is 7.07. The fourth-order valence-corrected chi connectivity index (χ4v) is 5.48. The Morgan fingerprint density at radius 3 is 2.73 bits per heavy atom. The largest absolute Gasteiger partial charge is 0.392 e. The summed E-state index contributed by atoms with van der Waals surface area (Å²) in [7, 11) is 2.02. The number of thiophene rings is 1. The molecule has 0 radical (unpaired) electrons. The third-order valence-corrected chi connectivity index (χ3v) is 6.82. The van der Waals surface area contributed by atoms with E-state index >= 15 is 0 Å². The van der Waals surface area contributed by atoms with Crippen molar-refractivity contribution in [1.29, 1.82) is 0 Å². The van der Waals surface area contributed by atoms with Crippen molar-refractivity contribution < 1.29 is 5.11 Å². The van der Waals surface area contributed by atoms with Crippen molar-refractivity contribution >= 4 is 11.3 Å². The van der Waals surface area contributed by atoms with E-state index in [1.807, 2.05) is 18.7 Å². The summed E-state index contributed by atoms with van der Waals surface area (Å²) < 4.78 is 1.98. The number of aliphatic hydroxyl groups is 1. The molecule has 0 bridgehead atoms. The monoisotopic (exact) mass is 374 g/mol. The number of nitrogens with zero attached hydrogens (tertiary/aromatic N) is 4. The van der Waals surface area contributed by atoms with Gasteiger partial charge < -0.3 is 5.11 Å². The van der Waals surface area contributed by atoms with Crippen LogP contribution in [0.5, 0.6) is 0 Å². The Morgan fingerprint density at radius 2 is 2.08 bits per heavy atom. The molecule has 6 heteroatoms. The average Bonchev–Trinajstić information content (AvgIpc) is 3.19. The fraction of sp³-hybridized carbons (Fsp3) is 0.650. The molecule has 0 aliphatic carbocycles. The summed E-state index contributed by atoms with van der Waals surface area (Å²) in [6, 6.07) is 4.40. The van der Waals surface area contributed by atoms with E-state index in [0.29, 0.717) is 0 Å². The summed E-state index contributed by atoms with van der Waals surface area (Å²) in [6.07, 6.45) is 3.13. The fourth-order valence-electron chi connectivity index (χ4n) is 4.82. The van der Waals surface area contributed by atoms with Crippen LogP contribution in [0.1, 0.15) is 36.2 Å². The van der Waals surface area contributed by atoms with Gasteiger partial charge in [-0.15, -0.1) is 0 Å². The third-order valence-electron chi connectivity index (χ3n) is 6.08. The lowest BCUT2D eigenvalue weighted by Gasteiger charge is -2.49. The molecule has 1 unspecified atom stereocenters. The smallest absolute Gasteiger partial charge is 0.0673 e. The predicted octanol–water partition coefficient (Wildman–Crippen LogP) is 2.64. The highest BCUT2D eigenvalue weighted by Gasteiger charge is 2.41. The Balaban J connectivity index is 1.38. The van der Waals surface area contributed by atoms with Crippen molar-refractivity contribution in [2.45, 2.75) is 45.4 Å². The van der Waals surface area contributed by atoms with Crippen LogP contribution in [-0.2, 0) is 20.1 Å². The van der Waals surface area contributed by atoms with Crippen molar-refractivity contribution in [3.63, 3.8) is 0 Å². The first-order valence-electron chi connectivity index (χ1n) is 9.65. The van der Waals surface area contributed by atoms with Crippen LogP contribution in [0, 0.1) is 12.3 Å². The minimum Gasteiger partial charge on any atom is -0.392 e. The second kappa shape index (κ2) is 7.43. The second-order valence-electron chi connectivity index (χ2n) is 8.34. The van der Waals surface area contributed by atoms with Gasteiger partial charge in [0.2, 0.25) is 0 Å². The van der Waals surface area contributed by atoms with Crippen molar-refractivity contribution in [2.75, 3.05) is 26.2 Å². The number of β-amino-alcohol motifs (C(OH)–C–C–N with tert-alkyl or cyclic N) is 1. The number of aromatic nitrogens is 2. The number of likely N-dealkylation sites (tertiary alicyclic amines) is 2. The number of aliphatic hydroxyl groups excluding tert-OH is 1.